The van der Waals surface area contributed by atoms with Gasteiger partial charge in [0, 0.05) is 11.6 Å². The molecule has 0 amide bonds. The van der Waals surface area contributed by atoms with Crippen LogP contribution in [0.4, 0.5) is 0 Å². The van der Waals surface area contributed by atoms with Gasteiger partial charge in [0.1, 0.15) is 9.83 Å². The van der Waals surface area contributed by atoms with Gasteiger partial charge in [-0.25, -0.2) is 4.21 Å². The fourth-order valence-electron chi connectivity index (χ4n) is 1.06. The number of hydrogen-bond acceptors (Lipinski definition) is 2. The number of alkyl halides is 1. The molecule has 1 atom stereocenters. The van der Waals surface area contributed by atoms with E-state index in [4.69, 9.17) is 11.6 Å². The van der Waals surface area contributed by atoms with E-state index in [1.807, 2.05) is 19.1 Å². The number of halogens is 1. The van der Waals surface area contributed by atoms with Crippen LogP contribution in [0.15, 0.2) is 28.9 Å². The van der Waals surface area contributed by atoms with Gasteiger partial charge in [0.2, 0.25) is 0 Å². The van der Waals surface area contributed by atoms with Gasteiger partial charge in [-0.3, -0.25) is 0 Å². The zero-order chi connectivity index (χ0) is 12.9. The highest BCUT2D eigenvalue weighted by Gasteiger charge is 1.95. The topological polar surface area (TPSA) is 17.1 Å². The van der Waals surface area contributed by atoms with Crippen molar-refractivity contribution in [3.05, 3.63) is 28.9 Å². The summed E-state index contributed by atoms with van der Waals surface area (Å²) in [5, 5.41) is 1.63. The standard InChI is InChI=1S/C13H21ClOS2/c1-3-4-5-6-7-8-11-17(15)16-12-13(2)9-10-14/h7,9,11H,3-6,10,12H2,1-2H3/b13-9-. The fraction of sp³-hybridized carbons (Fsp3) is 0.615. The summed E-state index contributed by atoms with van der Waals surface area (Å²) in [7, 11) is 0.414. The van der Waals surface area contributed by atoms with Crippen molar-refractivity contribution in [2.45, 2.75) is 39.5 Å². The van der Waals surface area contributed by atoms with Crippen LogP contribution >= 0.6 is 22.4 Å². The van der Waals surface area contributed by atoms with E-state index in [-0.39, 0.29) is 0 Å². The molecule has 1 nitrogen and oxygen atoms in total. The quantitative estimate of drug-likeness (QED) is 0.199. The average molecular weight is 293 g/mol. The van der Waals surface area contributed by atoms with Crippen molar-refractivity contribution < 1.29 is 4.21 Å². The highest BCUT2D eigenvalue weighted by Crippen LogP contribution is 2.13. The van der Waals surface area contributed by atoms with Gasteiger partial charge < -0.3 is 0 Å². The molecule has 0 aliphatic heterocycles. The summed E-state index contributed by atoms with van der Waals surface area (Å²) in [5.74, 6) is 1.28. The van der Waals surface area contributed by atoms with Gasteiger partial charge in [-0.2, -0.15) is 0 Å². The third-order valence-corrected chi connectivity index (χ3v) is 4.69. The normalized spacial score (nSPS) is 13.0. The Hall–Kier alpha value is 0.0500. The van der Waals surface area contributed by atoms with E-state index in [0.29, 0.717) is 5.88 Å². The van der Waals surface area contributed by atoms with Crippen LogP contribution in [0.5, 0.6) is 0 Å². The number of hydrogen-bond donors (Lipinski definition) is 0. The minimum absolute atomic E-state index is 0.520. The first-order valence-corrected chi connectivity index (χ1v) is 9.12. The van der Waals surface area contributed by atoms with Crippen LogP contribution in [0.3, 0.4) is 0 Å². The molecule has 0 aliphatic rings. The van der Waals surface area contributed by atoms with Crippen LogP contribution in [0.2, 0.25) is 0 Å². The summed E-state index contributed by atoms with van der Waals surface area (Å²) in [6, 6.07) is 0. The van der Waals surface area contributed by atoms with Gasteiger partial charge in [0.15, 0.2) is 0 Å². The van der Waals surface area contributed by atoms with Crippen LogP contribution in [-0.2, 0) is 9.83 Å². The minimum Gasteiger partial charge on any atom is -0.243 e. The molecule has 0 saturated heterocycles. The van der Waals surface area contributed by atoms with Crippen LogP contribution in [0.1, 0.15) is 39.5 Å². The van der Waals surface area contributed by atoms with Crippen molar-refractivity contribution in [1.82, 2.24) is 0 Å². The molecule has 0 rings (SSSR count). The van der Waals surface area contributed by atoms with Gasteiger partial charge in [0.25, 0.3) is 0 Å². The molecule has 0 fully saturated rings. The highest BCUT2D eigenvalue weighted by atomic mass is 35.5. The van der Waals surface area contributed by atoms with E-state index in [1.165, 1.54) is 35.6 Å². The van der Waals surface area contributed by atoms with Gasteiger partial charge in [0.05, 0.1) is 5.41 Å². The zero-order valence-electron chi connectivity index (χ0n) is 10.6. The van der Waals surface area contributed by atoms with Crippen LogP contribution in [0.25, 0.3) is 0 Å². The van der Waals surface area contributed by atoms with Crippen molar-refractivity contribution in [2.24, 2.45) is 0 Å². The molecule has 98 valence electrons. The Labute approximate surface area is 116 Å². The molecule has 0 heterocycles. The molecule has 0 aromatic rings. The molecular formula is C13H21ClOS2. The lowest BCUT2D eigenvalue weighted by Crippen LogP contribution is -1.84. The predicted octanol–water partition coefficient (Wildman–Crippen LogP) is 4.82. The van der Waals surface area contributed by atoms with E-state index in [2.05, 4.69) is 12.7 Å². The second kappa shape index (κ2) is 12.5. The highest BCUT2D eigenvalue weighted by molar-refractivity contribution is 8.70. The first-order valence-electron chi connectivity index (χ1n) is 5.87. The van der Waals surface area contributed by atoms with Gasteiger partial charge >= 0.3 is 0 Å². The fourth-order valence-corrected chi connectivity index (χ4v) is 3.29. The monoisotopic (exact) mass is 292 g/mol. The molecule has 0 spiro atoms. The SMILES string of the molecule is CCCCCC=C=CS(=O)SC/C(C)=C\CCl. The number of unbranched alkanes of at least 4 members (excludes halogenated alkanes) is 3. The Bertz CT molecular complexity index is 305. The second-order valence-corrected chi connectivity index (χ2v) is 6.99. The largest absolute Gasteiger partial charge is 0.243 e. The first kappa shape index (κ1) is 17.1. The van der Waals surface area contributed by atoms with E-state index in [0.717, 1.165) is 12.2 Å². The van der Waals surface area contributed by atoms with E-state index < -0.39 is 9.83 Å². The summed E-state index contributed by atoms with van der Waals surface area (Å²) in [6.07, 6.45) is 8.60. The average Bonchev–Trinajstić information content (AvgIpc) is 2.31. The van der Waals surface area contributed by atoms with Crippen molar-refractivity contribution >= 4 is 32.2 Å². The second-order valence-electron chi connectivity index (χ2n) is 3.71. The molecule has 17 heavy (non-hydrogen) atoms. The smallest absolute Gasteiger partial charge is 0.113 e. The maximum absolute atomic E-state index is 11.5. The van der Waals surface area contributed by atoms with Gasteiger partial charge in [-0.05, 0) is 25.8 Å². The Balaban J connectivity index is 3.77. The maximum Gasteiger partial charge on any atom is 0.113 e. The summed E-state index contributed by atoms with van der Waals surface area (Å²) in [4.78, 5) is 0. The number of rotatable bonds is 9. The van der Waals surface area contributed by atoms with Gasteiger partial charge in [-0.15, -0.1) is 17.3 Å². The summed E-state index contributed by atoms with van der Waals surface area (Å²) >= 11 is 5.57. The molecular weight excluding hydrogens is 272 g/mol. The maximum atomic E-state index is 11.5. The lowest BCUT2D eigenvalue weighted by Gasteiger charge is -1.96. The molecule has 0 N–H and O–H groups in total. The molecule has 4 heteroatoms. The van der Waals surface area contributed by atoms with Crippen molar-refractivity contribution in [1.29, 1.82) is 0 Å². The molecule has 0 saturated carbocycles. The Kier molecular flexibility index (Phi) is 12.5. The Morgan fingerprint density at radius 2 is 2.24 bits per heavy atom. The van der Waals surface area contributed by atoms with Crippen LogP contribution in [-0.4, -0.2) is 15.8 Å². The van der Waals surface area contributed by atoms with Crippen molar-refractivity contribution in [3.8, 4) is 0 Å². The van der Waals surface area contributed by atoms with E-state index in [1.54, 1.807) is 5.41 Å². The van der Waals surface area contributed by atoms with Crippen LogP contribution in [0, 0.1) is 0 Å². The molecule has 0 radical (unpaired) electrons. The predicted molar refractivity (Wildman–Crippen MR) is 81.9 cm³/mol. The van der Waals surface area contributed by atoms with Crippen molar-refractivity contribution in [2.75, 3.05) is 11.6 Å². The lowest BCUT2D eigenvalue weighted by atomic mass is 10.2. The molecule has 0 aromatic carbocycles. The zero-order valence-corrected chi connectivity index (χ0v) is 13.0. The molecule has 0 aromatic heterocycles. The lowest BCUT2D eigenvalue weighted by molar-refractivity contribution is 0.696. The van der Waals surface area contributed by atoms with Gasteiger partial charge in [-0.1, -0.05) is 42.2 Å². The number of allylic oxidation sites excluding steroid dienone is 2. The third-order valence-electron chi connectivity index (χ3n) is 2.06. The Morgan fingerprint density at radius 1 is 1.47 bits per heavy atom. The first-order chi connectivity index (χ1) is 8.20. The molecule has 0 bridgehead atoms. The third kappa shape index (κ3) is 12.3. The summed E-state index contributed by atoms with van der Waals surface area (Å²) in [5.41, 5.74) is 4.15. The van der Waals surface area contributed by atoms with E-state index in [9.17, 15) is 4.21 Å². The molecule has 0 aliphatic carbocycles. The Morgan fingerprint density at radius 3 is 2.88 bits per heavy atom. The minimum atomic E-state index is -0.986. The van der Waals surface area contributed by atoms with Crippen LogP contribution < -0.4 is 0 Å². The summed E-state index contributed by atoms with van der Waals surface area (Å²) in [6.45, 7) is 4.18. The summed E-state index contributed by atoms with van der Waals surface area (Å²) < 4.78 is 11.5. The molecule has 1 unspecified atom stereocenters. The van der Waals surface area contributed by atoms with Crippen molar-refractivity contribution in [3.63, 3.8) is 0 Å². The van der Waals surface area contributed by atoms with E-state index >= 15 is 0 Å².